The summed E-state index contributed by atoms with van der Waals surface area (Å²) in [6, 6.07) is 13.3. The molecule has 454 valence electrons. The quantitative estimate of drug-likeness (QED) is 0.0105. The first kappa shape index (κ1) is 65.4. The van der Waals surface area contributed by atoms with E-state index in [1.165, 1.54) is 12.5 Å². The third-order valence-electron chi connectivity index (χ3n) is 13.0. The molecule has 0 spiro atoms. The molecule has 0 fully saturated rings. The zero-order valence-corrected chi connectivity index (χ0v) is 46.3. The Morgan fingerprint density at radius 1 is 0.506 bits per heavy atom. The van der Waals surface area contributed by atoms with E-state index < -0.39 is 121 Å². The molecule has 85 heavy (non-hydrogen) atoms. The number of benzene rings is 3. The van der Waals surface area contributed by atoms with Gasteiger partial charge in [-0.1, -0.05) is 78.9 Å². The van der Waals surface area contributed by atoms with E-state index in [2.05, 4.69) is 67.5 Å². The van der Waals surface area contributed by atoms with Gasteiger partial charge in [0.25, 0.3) is 0 Å². The molecule has 0 saturated carbocycles. The maximum Gasteiger partial charge on any atom is 0.322 e. The molecule has 0 bridgehead atoms. The molecule has 3 aromatic carbocycles. The van der Waals surface area contributed by atoms with Gasteiger partial charge in [0.05, 0.1) is 19.3 Å². The molecule has 0 radical (unpaired) electrons. The lowest BCUT2D eigenvalue weighted by molar-refractivity contribution is -0.141. The molecular formula is C55H72N18O12. The Bertz CT molecular complexity index is 3130. The second-order valence-electron chi connectivity index (χ2n) is 19.5. The number of nitrogens with zero attached hydrogens (tertiary/aromatic N) is 3. The number of para-hydroxylation sites is 1. The van der Waals surface area contributed by atoms with Gasteiger partial charge in [-0.2, -0.15) is 0 Å². The largest absolute Gasteiger partial charge is 0.481 e. The molecular weight excluding hydrogens is 1100 g/mol. The minimum absolute atomic E-state index is 0.0214. The number of hydrogen-bond acceptors (Lipinski definition) is 14. The first-order valence-corrected chi connectivity index (χ1v) is 26.9. The van der Waals surface area contributed by atoms with Crippen LogP contribution in [0.2, 0.25) is 0 Å². The van der Waals surface area contributed by atoms with Gasteiger partial charge in [0, 0.05) is 67.8 Å². The highest BCUT2D eigenvalue weighted by Gasteiger charge is 2.36. The van der Waals surface area contributed by atoms with Crippen molar-refractivity contribution in [2.75, 3.05) is 26.2 Å². The number of fused-ring (bicyclic) bond motifs is 1. The normalized spacial score (nSPS) is 13.3. The molecule has 2 aromatic heterocycles. The Balaban J connectivity index is 1.47. The number of guanidine groups is 2. The fourth-order valence-electron chi connectivity index (χ4n) is 8.78. The van der Waals surface area contributed by atoms with Crippen LogP contribution in [0.3, 0.4) is 0 Å². The van der Waals surface area contributed by atoms with Crippen molar-refractivity contribution >= 4 is 82.0 Å². The minimum Gasteiger partial charge on any atom is -0.481 e. The third kappa shape index (κ3) is 22.5. The van der Waals surface area contributed by atoms with E-state index in [9.17, 15) is 58.2 Å². The van der Waals surface area contributed by atoms with Crippen LogP contribution in [0.4, 0.5) is 0 Å². The molecule has 0 saturated heterocycles. The molecule has 22 N–H and O–H groups in total. The Morgan fingerprint density at radius 3 is 1.44 bits per heavy atom. The number of imidazole rings is 1. The van der Waals surface area contributed by atoms with Crippen molar-refractivity contribution < 1.29 is 58.2 Å². The van der Waals surface area contributed by atoms with Gasteiger partial charge in [-0.15, -0.1) is 0 Å². The van der Waals surface area contributed by atoms with Crippen LogP contribution in [0.1, 0.15) is 54.5 Å². The molecule has 0 unspecified atom stereocenters. The Kier molecular flexibility index (Phi) is 25.8. The number of nitrogens with two attached hydrogens (primary N) is 5. The first-order chi connectivity index (χ1) is 40.7. The number of carbonyl (C=O) groups is 10. The number of carboxylic acid groups (broad SMARTS) is 2. The number of H-pyrrole nitrogens is 2. The highest BCUT2D eigenvalue weighted by molar-refractivity contribution is 5.99. The van der Waals surface area contributed by atoms with Gasteiger partial charge in [0.1, 0.15) is 48.8 Å². The van der Waals surface area contributed by atoms with Crippen LogP contribution in [-0.2, 0) is 73.6 Å². The fourth-order valence-corrected chi connectivity index (χ4v) is 8.78. The second kappa shape index (κ2) is 33.5. The predicted molar refractivity (Wildman–Crippen MR) is 310 cm³/mol. The van der Waals surface area contributed by atoms with Gasteiger partial charge in [-0.05, 0) is 48.4 Å². The highest BCUT2D eigenvalue weighted by atomic mass is 16.4. The molecule has 2 heterocycles. The number of carbonyl (C=O) groups excluding carboxylic acids is 8. The number of amides is 8. The lowest BCUT2D eigenvalue weighted by atomic mass is 10.0. The molecule has 5 aromatic rings. The number of aromatic nitrogens is 3. The van der Waals surface area contributed by atoms with Crippen molar-refractivity contribution in [1.82, 2.24) is 57.5 Å². The Labute approximate surface area is 487 Å². The van der Waals surface area contributed by atoms with Crippen molar-refractivity contribution in [3.8, 4) is 0 Å². The molecule has 7 atom stereocenters. The van der Waals surface area contributed by atoms with Crippen LogP contribution in [0.25, 0.3) is 10.9 Å². The number of hydrogen-bond donors (Lipinski definition) is 17. The van der Waals surface area contributed by atoms with Crippen LogP contribution in [0.15, 0.2) is 114 Å². The second-order valence-corrected chi connectivity index (χ2v) is 19.5. The number of aromatic amines is 2. The van der Waals surface area contributed by atoms with Crippen LogP contribution in [-0.4, -0.2) is 165 Å². The average Bonchev–Trinajstić information content (AvgIpc) is 4.01. The van der Waals surface area contributed by atoms with Crippen LogP contribution >= 0.6 is 0 Å². The summed E-state index contributed by atoms with van der Waals surface area (Å²) in [4.78, 5) is 154. The summed E-state index contributed by atoms with van der Waals surface area (Å²) in [5, 5.41) is 40.3. The lowest BCUT2D eigenvalue weighted by Crippen LogP contribution is -2.61. The number of nitrogens with one attached hydrogen (secondary N) is 10. The van der Waals surface area contributed by atoms with Crippen molar-refractivity contribution in [2.45, 2.75) is 100 Å². The van der Waals surface area contributed by atoms with Crippen LogP contribution in [0, 0.1) is 0 Å². The smallest absolute Gasteiger partial charge is 0.322 e. The maximum atomic E-state index is 14.8. The molecule has 0 aliphatic heterocycles. The van der Waals surface area contributed by atoms with E-state index >= 15 is 0 Å². The minimum atomic E-state index is -1.94. The maximum absolute atomic E-state index is 14.8. The van der Waals surface area contributed by atoms with E-state index in [0.717, 1.165) is 0 Å². The van der Waals surface area contributed by atoms with Gasteiger partial charge in [0.2, 0.25) is 47.3 Å². The van der Waals surface area contributed by atoms with Crippen LogP contribution in [0.5, 0.6) is 0 Å². The van der Waals surface area contributed by atoms with E-state index in [0.29, 0.717) is 33.3 Å². The van der Waals surface area contributed by atoms with E-state index in [-0.39, 0.29) is 76.4 Å². The summed E-state index contributed by atoms with van der Waals surface area (Å²) in [5.41, 5.74) is 30.5. The highest BCUT2D eigenvalue weighted by Crippen LogP contribution is 2.20. The topological polar surface area (TPSA) is 507 Å². The predicted octanol–water partition coefficient (Wildman–Crippen LogP) is -3.70. The molecule has 30 nitrogen and oxygen atoms in total. The molecule has 0 aliphatic rings. The van der Waals surface area contributed by atoms with Gasteiger partial charge in [0.15, 0.2) is 11.9 Å². The van der Waals surface area contributed by atoms with Crippen LogP contribution < -0.4 is 71.2 Å². The lowest BCUT2D eigenvalue weighted by Gasteiger charge is -2.28. The number of aliphatic imine (C=N–C) groups is 2. The fraction of sp³-hybridized carbons (Fsp3) is 0.364. The van der Waals surface area contributed by atoms with Gasteiger partial charge >= 0.3 is 11.9 Å². The summed E-state index contributed by atoms with van der Waals surface area (Å²) in [7, 11) is 0. The summed E-state index contributed by atoms with van der Waals surface area (Å²) in [6.45, 7) is -1.30. The SMILES string of the molecule is NCC(=O)N[C@@H](Cc1cnc[nH]1)C(=O)N[C@@H](Cc1ccccc1)C(=O)N[C@@H](CCCN=C(N)N)C(=O)N[C@@H](Cc1c[nH]c2ccccc12)C(=O)N[C@@H](CC(=O)O)C(=O)N[C@@H](CCCN=C(N)N)C(=O)N[C@@H](Cc1ccccc1)C(=O)NCC(=O)O. The van der Waals surface area contributed by atoms with E-state index in [1.807, 2.05) is 0 Å². The van der Waals surface area contributed by atoms with Gasteiger partial charge in [-0.3, -0.25) is 57.9 Å². The van der Waals surface area contributed by atoms with Crippen molar-refractivity contribution in [3.63, 3.8) is 0 Å². The third-order valence-corrected chi connectivity index (χ3v) is 13.0. The zero-order valence-electron chi connectivity index (χ0n) is 46.3. The van der Waals surface area contributed by atoms with E-state index in [1.54, 1.807) is 91.1 Å². The average molecular weight is 1180 g/mol. The number of aliphatic carboxylic acids is 2. The summed E-state index contributed by atoms with van der Waals surface area (Å²) >= 11 is 0. The molecule has 8 amide bonds. The standard InChI is InChI=1S/C55H72N18O12/c56-26-44(74)67-42(24-34-28-61-30-66-34)52(84)71-40(22-32-13-5-2-6-14-32)50(82)68-38(18-10-20-63-55(59)60)49(81)72-41(23-33-27-64-36-16-8-7-15-35(33)36)51(83)73-43(25-45(75)76)53(85)69-37(17-9-19-62-54(57)58)48(80)70-39(47(79)65-29-46(77)78)21-31-11-3-1-4-12-31/h1-8,11-16,27-28,30,37-43,64H,9-10,17-26,29,56H2,(H,61,66)(H,65,79)(H,67,74)(H,68,82)(H,69,85)(H,70,80)(H,71,84)(H,72,81)(H,73,83)(H,75,76)(H,77,78)(H4,57,58,62)(H4,59,60,63)/t37-,38-,39-,40-,41-,42-,43-/m0/s1. The van der Waals surface area contributed by atoms with Crippen molar-refractivity contribution in [1.29, 1.82) is 0 Å². The number of carboxylic acids is 2. The van der Waals surface area contributed by atoms with E-state index in [4.69, 9.17) is 28.7 Å². The van der Waals surface area contributed by atoms with Crippen molar-refractivity contribution in [2.24, 2.45) is 38.7 Å². The first-order valence-electron chi connectivity index (χ1n) is 26.9. The van der Waals surface area contributed by atoms with Crippen molar-refractivity contribution in [3.05, 3.63) is 126 Å². The Morgan fingerprint density at radius 2 is 0.953 bits per heavy atom. The number of rotatable bonds is 35. The molecule has 5 rings (SSSR count). The van der Waals surface area contributed by atoms with Gasteiger partial charge in [-0.25, -0.2) is 4.98 Å². The summed E-state index contributed by atoms with van der Waals surface area (Å²) in [6.07, 6.45) is 2.48. The summed E-state index contributed by atoms with van der Waals surface area (Å²) in [5.74, 6) is -10.9. The zero-order chi connectivity index (χ0) is 61.8. The summed E-state index contributed by atoms with van der Waals surface area (Å²) < 4.78 is 0. The van der Waals surface area contributed by atoms with Gasteiger partial charge < -0.3 is 91.4 Å². The molecule has 0 aliphatic carbocycles. The monoisotopic (exact) mass is 1180 g/mol. The molecule has 30 heteroatoms. The Hall–Kier alpha value is -10.4.